The fraction of sp³-hybridized carbons (Fsp3) is 0.409. The van der Waals surface area contributed by atoms with Crippen LogP contribution in [0.15, 0.2) is 59.2 Å². The van der Waals surface area contributed by atoms with E-state index in [-0.39, 0.29) is 11.8 Å². The van der Waals surface area contributed by atoms with Gasteiger partial charge in [0.15, 0.2) is 0 Å². The van der Waals surface area contributed by atoms with Crippen molar-refractivity contribution in [1.82, 2.24) is 5.32 Å². The number of carbonyl (C=O) groups is 1. The first-order valence-corrected chi connectivity index (χ1v) is 11.1. The Balaban J connectivity index is 1.75. The minimum atomic E-state index is 0.00667. The Kier molecular flexibility index (Phi) is 5.29. The molecule has 0 radical (unpaired) electrons. The van der Waals surface area contributed by atoms with Crippen molar-refractivity contribution in [2.45, 2.75) is 23.7 Å². The molecule has 1 aliphatic heterocycles. The standard InChI is InChI=1S/C22H23ClINO/c1-13-10-18-19(12-25-22(18)26)21(16-4-2-14(11-24)3-5-16)20(13)15-6-8-17(23)9-7-15/h2-6,8-10,15,18-21H,7,11-12H2,1H3,(H,25,26)/t15?,18-,19-,20-,21-/m1/s1. The van der Waals surface area contributed by atoms with E-state index in [2.05, 4.69) is 77.3 Å². The highest BCUT2D eigenvalue weighted by atomic mass is 127. The number of hydrogen-bond acceptors (Lipinski definition) is 1. The third kappa shape index (κ3) is 3.29. The van der Waals surface area contributed by atoms with Gasteiger partial charge in [-0.15, -0.1) is 0 Å². The maximum atomic E-state index is 12.4. The summed E-state index contributed by atoms with van der Waals surface area (Å²) in [5.74, 6) is 1.71. The van der Waals surface area contributed by atoms with Gasteiger partial charge in [-0.25, -0.2) is 0 Å². The van der Waals surface area contributed by atoms with Crippen LogP contribution in [0.3, 0.4) is 0 Å². The molecule has 1 amide bonds. The normalized spacial score (nSPS) is 33.3. The number of allylic oxidation sites excluding steroid dienone is 5. The number of benzene rings is 1. The molecule has 1 saturated heterocycles. The number of hydrogen-bond donors (Lipinski definition) is 1. The summed E-state index contributed by atoms with van der Waals surface area (Å²) in [6.45, 7) is 2.97. The van der Waals surface area contributed by atoms with Gasteiger partial charge in [-0.05, 0) is 54.2 Å². The molecule has 0 spiro atoms. The van der Waals surface area contributed by atoms with E-state index in [1.807, 2.05) is 6.08 Å². The van der Waals surface area contributed by atoms with Crippen molar-refractivity contribution in [3.8, 4) is 0 Å². The van der Waals surface area contributed by atoms with Crippen molar-refractivity contribution in [1.29, 1.82) is 0 Å². The summed E-state index contributed by atoms with van der Waals surface area (Å²) in [4.78, 5) is 12.4. The molecule has 3 aliphatic rings. The fourth-order valence-corrected chi connectivity index (χ4v) is 5.59. The van der Waals surface area contributed by atoms with Crippen molar-refractivity contribution >= 4 is 40.1 Å². The van der Waals surface area contributed by atoms with Gasteiger partial charge in [0.25, 0.3) is 0 Å². The highest BCUT2D eigenvalue weighted by Gasteiger charge is 2.47. The summed E-state index contributed by atoms with van der Waals surface area (Å²) >= 11 is 8.56. The molecule has 1 aromatic carbocycles. The Hall–Kier alpha value is -1.07. The van der Waals surface area contributed by atoms with Gasteiger partial charge in [-0.1, -0.05) is 82.3 Å². The number of halogens is 2. The number of nitrogens with one attached hydrogen (secondary N) is 1. The molecular weight excluding hydrogens is 457 g/mol. The molecule has 0 aromatic heterocycles. The van der Waals surface area contributed by atoms with Crippen LogP contribution in [0.4, 0.5) is 0 Å². The molecule has 2 nitrogen and oxygen atoms in total. The number of amides is 1. The summed E-state index contributed by atoms with van der Waals surface area (Å²) in [6.07, 6.45) is 9.61. The van der Waals surface area contributed by atoms with Crippen LogP contribution in [-0.2, 0) is 9.22 Å². The molecule has 1 heterocycles. The van der Waals surface area contributed by atoms with Gasteiger partial charge >= 0.3 is 0 Å². The first-order valence-electron chi connectivity index (χ1n) is 9.23. The monoisotopic (exact) mass is 479 g/mol. The maximum absolute atomic E-state index is 12.4. The second-order valence-electron chi connectivity index (χ2n) is 7.62. The number of carbonyl (C=O) groups excluding carboxylic acids is 1. The van der Waals surface area contributed by atoms with Gasteiger partial charge < -0.3 is 5.32 Å². The van der Waals surface area contributed by atoms with E-state index >= 15 is 0 Å². The van der Waals surface area contributed by atoms with E-state index in [1.165, 1.54) is 16.7 Å². The van der Waals surface area contributed by atoms with Crippen LogP contribution in [-0.4, -0.2) is 12.5 Å². The second kappa shape index (κ2) is 7.51. The molecule has 4 rings (SSSR count). The van der Waals surface area contributed by atoms with Crippen LogP contribution >= 0.6 is 34.2 Å². The average molecular weight is 480 g/mol. The minimum absolute atomic E-state index is 0.00667. The lowest BCUT2D eigenvalue weighted by Gasteiger charge is -2.42. The zero-order valence-corrected chi connectivity index (χ0v) is 17.7. The van der Waals surface area contributed by atoms with Crippen LogP contribution in [0.25, 0.3) is 0 Å². The summed E-state index contributed by atoms with van der Waals surface area (Å²) in [7, 11) is 0. The predicted octanol–water partition coefficient (Wildman–Crippen LogP) is 5.34. The third-order valence-corrected chi connectivity index (χ3v) is 7.32. The Bertz CT molecular complexity index is 795. The lowest BCUT2D eigenvalue weighted by Crippen LogP contribution is -2.36. The predicted molar refractivity (Wildman–Crippen MR) is 115 cm³/mol. The van der Waals surface area contributed by atoms with Crippen molar-refractivity contribution in [3.05, 3.63) is 70.3 Å². The smallest absolute Gasteiger partial charge is 0.227 e. The van der Waals surface area contributed by atoms with Gasteiger partial charge in [0.2, 0.25) is 5.91 Å². The summed E-state index contributed by atoms with van der Waals surface area (Å²) in [5.41, 5.74) is 4.04. The van der Waals surface area contributed by atoms with Crippen molar-refractivity contribution in [3.63, 3.8) is 0 Å². The van der Waals surface area contributed by atoms with E-state index in [0.29, 0.717) is 23.7 Å². The van der Waals surface area contributed by atoms with Crippen LogP contribution in [0.1, 0.15) is 30.4 Å². The van der Waals surface area contributed by atoms with Gasteiger partial charge in [-0.3, -0.25) is 4.79 Å². The van der Waals surface area contributed by atoms with E-state index in [9.17, 15) is 4.79 Å². The quantitative estimate of drug-likeness (QED) is 0.354. The lowest BCUT2D eigenvalue weighted by atomic mass is 9.61. The van der Waals surface area contributed by atoms with Gasteiger partial charge in [0, 0.05) is 16.0 Å². The zero-order chi connectivity index (χ0) is 18.3. The van der Waals surface area contributed by atoms with E-state index in [4.69, 9.17) is 11.6 Å². The Morgan fingerprint density at radius 3 is 2.65 bits per heavy atom. The van der Waals surface area contributed by atoms with Crippen molar-refractivity contribution < 1.29 is 4.79 Å². The summed E-state index contributed by atoms with van der Waals surface area (Å²) in [6, 6.07) is 9.03. The zero-order valence-electron chi connectivity index (χ0n) is 14.8. The van der Waals surface area contributed by atoms with Gasteiger partial charge in [-0.2, -0.15) is 0 Å². The second-order valence-corrected chi connectivity index (χ2v) is 8.82. The average Bonchev–Trinajstić information content (AvgIpc) is 3.02. The highest BCUT2D eigenvalue weighted by molar-refractivity contribution is 14.1. The number of rotatable bonds is 3. The molecule has 1 unspecified atom stereocenters. The highest BCUT2D eigenvalue weighted by Crippen LogP contribution is 2.50. The Labute approximate surface area is 173 Å². The van der Waals surface area contributed by atoms with Crippen LogP contribution in [0.2, 0.25) is 0 Å². The molecular formula is C22H23ClINO. The maximum Gasteiger partial charge on any atom is 0.227 e. The Morgan fingerprint density at radius 1 is 1.23 bits per heavy atom. The molecule has 0 saturated carbocycles. The molecule has 1 aromatic rings. The summed E-state index contributed by atoms with van der Waals surface area (Å²) < 4.78 is 1.02. The SMILES string of the molecule is CC1=C[C@H]2C(=O)NC[C@H]2[C@@H](c2ccc(CI)cc2)[C@H]1C1C=CC(Cl)=CC1. The molecule has 1 fully saturated rings. The van der Waals surface area contributed by atoms with E-state index < -0.39 is 0 Å². The van der Waals surface area contributed by atoms with E-state index in [1.54, 1.807) is 0 Å². The molecule has 5 atom stereocenters. The molecule has 2 aliphatic carbocycles. The first kappa shape index (κ1) is 18.3. The van der Waals surface area contributed by atoms with Crippen LogP contribution < -0.4 is 5.32 Å². The lowest BCUT2D eigenvalue weighted by molar-refractivity contribution is -0.121. The Morgan fingerprint density at radius 2 is 2.00 bits per heavy atom. The van der Waals surface area contributed by atoms with E-state index in [0.717, 1.165) is 22.4 Å². The van der Waals surface area contributed by atoms with Gasteiger partial charge in [0.1, 0.15) is 0 Å². The van der Waals surface area contributed by atoms with Crippen molar-refractivity contribution in [2.75, 3.05) is 6.54 Å². The molecule has 0 bridgehead atoms. The topological polar surface area (TPSA) is 29.1 Å². The number of alkyl halides is 1. The molecule has 26 heavy (non-hydrogen) atoms. The summed E-state index contributed by atoms with van der Waals surface area (Å²) in [5, 5.41) is 3.93. The van der Waals surface area contributed by atoms with Gasteiger partial charge in [0.05, 0.1) is 5.92 Å². The largest absolute Gasteiger partial charge is 0.355 e. The van der Waals surface area contributed by atoms with Crippen LogP contribution in [0, 0.1) is 23.7 Å². The molecule has 136 valence electrons. The van der Waals surface area contributed by atoms with Crippen molar-refractivity contribution in [2.24, 2.45) is 23.7 Å². The number of fused-ring (bicyclic) bond motifs is 1. The first-order chi connectivity index (χ1) is 12.6. The third-order valence-electron chi connectivity index (χ3n) is 6.16. The fourth-order valence-electron chi connectivity index (χ4n) is 4.92. The minimum Gasteiger partial charge on any atom is -0.355 e. The van der Waals surface area contributed by atoms with Crippen LogP contribution in [0.5, 0.6) is 0 Å². The molecule has 1 N–H and O–H groups in total. The molecule has 4 heteroatoms.